The third-order valence-corrected chi connectivity index (χ3v) is 19.8. The largest absolute Gasteiger partial charge is 0.472 e. The molecule has 95 heavy (non-hydrogen) atoms. The topological polar surface area (TPSA) is 237 Å². The van der Waals surface area contributed by atoms with Crippen molar-refractivity contribution < 1.29 is 80.2 Å². The molecule has 0 aromatic carbocycles. The van der Waals surface area contributed by atoms with Gasteiger partial charge in [-0.2, -0.15) is 0 Å². The maximum atomic E-state index is 13.1. The second-order valence-corrected chi connectivity index (χ2v) is 32.0. The third-order valence-electron chi connectivity index (χ3n) is 17.9. The van der Waals surface area contributed by atoms with E-state index in [4.69, 9.17) is 37.0 Å². The zero-order chi connectivity index (χ0) is 70.3. The average Bonchev–Trinajstić information content (AvgIpc) is 1.80. The summed E-state index contributed by atoms with van der Waals surface area (Å²) in [6, 6.07) is 0. The Bertz CT molecular complexity index is 1870. The highest BCUT2D eigenvalue weighted by molar-refractivity contribution is 7.47. The average molecular weight is 1400 g/mol. The van der Waals surface area contributed by atoms with Gasteiger partial charge in [-0.1, -0.05) is 331 Å². The minimum Gasteiger partial charge on any atom is -0.462 e. The summed E-state index contributed by atoms with van der Waals surface area (Å²) in [6.07, 6.45) is 49.9. The van der Waals surface area contributed by atoms with Gasteiger partial charge in [-0.25, -0.2) is 9.13 Å². The fourth-order valence-electron chi connectivity index (χ4n) is 11.5. The molecule has 0 aromatic heterocycles. The number of aliphatic hydroxyl groups excluding tert-OH is 1. The number of rotatable bonds is 73. The Balaban J connectivity index is 5.25. The normalized spacial score (nSPS) is 14.4. The number of carbonyl (C=O) groups excluding carboxylic acids is 4. The van der Waals surface area contributed by atoms with Crippen LogP contribution in [0.3, 0.4) is 0 Å². The minimum atomic E-state index is -4.96. The predicted octanol–water partition coefficient (Wildman–Crippen LogP) is 22.0. The van der Waals surface area contributed by atoms with Gasteiger partial charge in [0.05, 0.1) is 26.4 Å². The van der Waals surface area contributed by atoms with Crippen LogP contribution in [0, 0.1) is 23.7 Å². The van der Waals surface area contributed by atoms with E-state index in [2.05, 4.69) is 55.4 Å². The lowest BCUT2D eigenvalue weighted by Crippen LogP contribution is -2.30. The van der Waals surface area contributed by atoms with E-state index >= 15 is 0 Å². The SMILES string of the molecule is CCC(C)CCCCCCCCC(=O)OC[C@H](COP(=O)(O)OC[C@H](O)COP(=O)(O)OC[C@@H](COC(=O)CCCCCCCCCCCC(C)C)OC(=O)CCCCCCCCCCCCCCCCC(C)C)OC(=O)CCCCCCCCCCCCCCCC(C)C. The Morgan fingerprint density at radius 1 is 0.295 bits per heavy atom. The molecule has 0 aromatic rings. The quantitative estimate of drug-likeness (QED) is 0.0222. The highest BCUT2D eigenvalue weighted by Crippen LogP contribution is 2.45. The van der Waals surface area contributed by atoms with Crippen molar-refractivity contribution in [3.05, 3.63) is 0 Å². The van der Waals surface area contributed by atoms with Gasteiger partial charge in [0.25, 0.3) is 0 Å². The second-order valence-electron chi connectivity index (χ2n) is 29.1. The lowest BCUT2D eigenvalue weighted by atomic mass is 10.00. The Labute approximate surface area is 581 Å². The molecular formula is C76H148O17P2. The first-order valence-corrected chi connectivity index (χ1v) is 42.2. The summed E-state index contributed by atoms with van der Waals surface area (Å²) < 4.78 is 68.5. The monoisotopic (exact) mass is 1400 g/mol. The minimum absolute atomic E-state index is 0.106. The van der Waals surface area contributed by atoms with Crippen molar-refractivity contribution in [1.29, 1.82) is 0 Å². The van der Waals surface area contributed by atoms with Crippen LogP contribution < -0.4 is 0 Å². The summed E-state index contributed by atoms with van der Waals surface area (Å²) in [5.41, 5.74) is 0. The number of esters is 4. The van der Waals surface area contributed by atoms with Gasteiger partial charge in [-0.3, -0.25) is 37.3 Å². The predicted molar refractivity (Wildman–Crippen MR) is 386 cm³/mol. The van der Waals surface area contributed by atoms with Gasteiger partial charge in [-0.15, -0.1) is 0 Å². The highest BCUT2D eigenvalue weighted by atomic mass is 31.2. The van der Waals surface area contributed by atoms with E-state index in [1.807, 2.05) is 0 Å². The Morgan fingerprint density at radius 2 is 0.505 bits per heavy atom. The maximum Gasteiger partial charge on any atom is 0.472 e. The summed E-state index contributed by atoms with van der Waals surface area (Å²) in [7, 11) is -9.91. The van der Waals surface area contributed by atoms with Crippen LogP contribution in [-0.4, -0.2) is 96.7 Å². The Morgan fingerprint density at radius 3 is 0.747 bits per heavy atom. The molecule has 19 heteroatoms. The number of hydrogen-bond acceptors (Lipinski definition) is 15. The van der Waals surface area contributed by atoms with Gasteiger partial charge in [0.15, 0.2) is 12.2 Å². The number of phosphoric ester groups is 2. The van der Waals surface area contributed by atoms with Gasteiger partial charge < -0.3 is 33.8 Å². The van der Waals surface area contributed by atoms with Crippen molar-refractivity contribution in [2.24, 2.45) is 23.7 Å². The van der Waals surface area contributed by atoms with Gasteiger partial charge in [-0.05, 0) is 49.4 Å². The van der Waals surface area contributed by atoms with Crippen LogP contribution >= 0.6 is 15.6 Å². The summed E-state index contributed by atoms with van der Waals surface area (Å²) in [4.78, 5) is 72.8. The number of phosphoric acid groups is 2. The fourth-order valence-corrected chi connectivity index (χ4v) is 13.1. The Hall–Kier alpha value is -1.94. The van der Waals surface area contributed by atoms with Crippen molar-refractivity contribution in [2.45, 2.75) is 401 Å². The molecule has 3 N–H and O–H groups in total. The second kappa shape index (κ2) is 65.4. The molecule has 3 unspecified atom stereocenters. The van der Waals surface area contributed by atoms with Crippen molar-refractivity contribution >= 4 is 39.5 Å². The molecule has 0 aliphatic heterocycles. The first kappa shape index (κ1) is 93.1. The maximum absolute atomic E-state index is 13.1. The van der Waals surface area contributed by atoms with Crippen LogP contribution in [0.5, 0.6) is 0 Å². The van der Waals surface area contributed by atoms with E-state index in [-0.39, 0.29) is 25.7 Å². The fraction of sp³-hybridized carbons (Fsp3) is 0.947. The summed E-state index contributed by atoms with van der Waals surface area (Å²) in [6.45, 7) is 14.2. The van der Waals surface area contributed by atoms with Crippen LogP contribution in [0.15, 0.2) is 0 Å². The van der Waals surface area contributed by atoms with Crippen molar-refractivity contribution in [3.8, 4) is 0 Å². The highest BCUT2D eigenvalue weighted by Gasteiger charge is 2.30. The zero-order valence-electron chi connectivity index (χ0n) is 62.3. The standard InChI is InChI=1S/C76H148O17P2/c1-9-69(8)55-47-39-34-35-41-49-57-74(79)87-63-72(93-76(81)59-51-43-33-26-20-16-12-14-18-23-29-37-45-53-67(4)5)65-91-95(84,85)89-61-70(77)60-88-94(82,83)90-64-71(62-86-73(78)56-48-40-31-27-21-24-30-38-46-54-68(6)7)92-75(80)58-50-42-32-25-19-15-11-10-13-17-22-28-36-44-52-66(2)3/h66-72,77H,9-65H2,1-8H3,(H,82,83)(H,84,85)/t69?,70-,71-,72-/m1/s1. The van der Waals surface area contributed by atoms with Crippen LogP contribution in [-0.2, 0) is 65.4 Å². The van der Waals surface area contributed by atoms with Crippen LogP contribution in [0.25, 0.3) is 0 Å². The molecule has 564 valence electrons. The molecule has 17 nitrogen and oxygen atoms in total. The Kier molecular flexibility index (Phi) is 64.0. The molecule has 0 amide bonds. The summed E-state index contributed by atoms with van der Waals surface area (Å²) in [5, 5.41) is 10.6. The molecule has 0 heterocycles. The molecule has 0 rings (SSSR count). The van der Waals surface area contributed by atoms with E-state index in [9.17, 15) is 43.2 Å². The van der Waals surface area contributed by atoms with Gasteiger partial charge >= 0.3 is 39.5 Å². The molecule has 0 bridgehead atoms. The molecule has 0 saturated carbocycles. The van der Waals surface area contributed by atoms with Crippen molar-refractivity contribution in [1.82, 2.24) is 0 Å². The van der Waals surface area contributed by atoms with Gasteiger partial charge in [0, 0.05) is 25.7 Å². The van der Waals surface area contributed by atoms with E-state index in [0.717, 1.165) is 120 Å². The van der Waals surface area contributed by atoms with Crippen molar-refractivity contribution in [2.75, 3.05) is 39.6 Å². The number of hydrogen-bond donors (Lipinski definition) is 3. The van der Waals surface area contributed by atoms with Gasteiger partial charge in [0.2, 0.25) is 0 Å². The van der Waals surface area contributed by atoms with Crippen molar-refractivity contribution in [3.63, 3.8) is 0 Å². The lowest BCUT2D eigenvalue weighted by Gasteiger charge is -2.21. The van der Waals surface area contributed by atoms with E-state index in [0.29, 0.717) is 25.7 Å². The van der Waals surface area contributed by atoms with E-state index < -0.39 is 97.5 Å². The molecule has 0 fully saturated rings. The number of carbonyl (C=O) groups is 4. The summed E-state index contributed by atoms with van der Waals surface area (Å²) in [5.74, 6) is 0.935. The third kappa shape index (κ3) is 69.0. The molecule has 0 spiro atoms. The van der Waals surface area contributed by atoms with Gasteiger partial charge in [0.1, 0.15) is 19.3 Å². The molecule has 0 aliphatic rings. The van der Waals surface area contributed by atoms with Crippen LogP contribution in [0.1, 0.15) is 383 Å². The number of ether oxygens (including phenoxy) is 4. The van der Waals surface area contributed by atoms with Crippen LogP contribution in [0.2, 0.25) is 0 Å². The molecule has 0 aliphatic carbocycles. The zero-order valence-corrected chi connectivity index (χ0v) is 64.1. The number of unbranched alkanes of at least 4 members (excludes halogenated alkanes) is 38. The van der Waals surface area contributed by atoms with E-state index in [1.54, 1.807) is 0 Å². The number of aliphatic hydroxyl groups is 1. The molecule has 6 atom stereocenters. The first-order chi connectivity index (χ1) is 45.6. The van der Waals surface area contributed by atoms with E-state index in [1.165, 1.54) is 180 Å². The summed E-state index contributed by atoms with van der Waals surface area (Å²) >= 11 is 0. The lowest BCUT2D eigenvalue weighted by molar-refractivity contribution is -0.161. The first-order valence-electron chi connectivity index (χ1n) is 39.2. The molecule has 0 saturated heterocycles. The molecule has 0 radical (unpaired) electrons. The smallest absolute Gasteiger partial charge is 0.462 e. The molecular weight excluding hydrogens is 1250 g/mol. The van der Waals surface area contributed by atoms with Crippen LogP contribution in [0.4, 0.5) is 0 Å².